The zero-order chi connectivity index (χ0) is 31.3. The molecule has 222 valence electrons. The van der Waals surface area contributed by atoms with E-state index in [-0.39, 0.29) is 31.8 Å². The van der Waals surface area contributed by atoms with E-state index in [1.54, 1.807) is 18.3 Å². The first-order chi connectivity index (χ1) is 18.6. The standard InChI is InChI=1S/C17H19F3N4Si.C11H16F3NSi/c1-17(2,3)25(4,5)14-10(18)13(22-15(20)11(14)19)12-9-7-6-8-21-16(9)24-23-12;1-11(2,3)16(4,5)9-7(12)6-15-10(14)8(9)13/h6-8H,1-5H3,(H,21,23,24);6H,1-5H3. The summed E-state index contributed by atoms with van der Waals surface area (Å²) >= 11 is 0. The van der Waals surface area contributed by atoms with E-state index < -0.39 is 51.3 Å². The highest BCUT2D eigenvalue weighted by Gasteiger charge is 2.44. The number of rotatable bonds is 3. The van der Waals surface area contributed by atoms with Gasteiger partial charge in [-0.2, -0.15) is 13.9 Å². The number of nitrogens with zero attached hydrogens (tertiary/aromatic N) is 4. The zero-order valence-electron chi connectivity index (χ0n) is 24.9. The largest absolute Gasteiger partial charge is 0.273 e. The van der Waals surface area contributed by atoms with E-state index >= 15 is 4.39 Å². The van der Waals surface area contributed by atoms with Gasteiger partial charge in [-0.05, 0) is 22.2 Å². The molecule has 0 aliphatic rings. The summed E-state index contributed by atoms with van der Waals surface area (Å²) in [5.74, 6) is -6.43. The molecule has 4 aromatic heterocycles. The Labute approximate surface area is 237 Å². The number of hydrogen-bond donors (Lipinski definition) is 1. The molecule has 41 heavy (non-hydrogen) atoms. The molecule has 0 atom stereocenters. The molecule has 0 unspecified atom stereocenters. The molecule has 0 saturated heterocycles. The lowest BCUT2D eigenvalue weighted by Gasteiger charge is -2.37. The number of hydrogen-bond acceptors (Lipinski definition) is 4. The summed E-state index contributed by atoms with van der Waals surface area (Å²) in [5, 5.41) is 6.20. The van der Waals surface area contributed by atoms with E-state index in [1.165, 1.54) is 0 Å². The molecule has 0 aromatic carbocycles. The van der Waals surface area contributed by atoms with Crippen LogP contribution >= 0.6 is 0 Å². The van der Waals surface area contributed by atoms with E-state index in [2.05, 4.69) is 25.1 Å². The number of fused-ring (bicyclic) bond motifs is 1. The van der Waals surface area contributed by atoms with Crippen molar-refractivity contribution >= 4 is 37.6 Å². The third kappa shape index (κ3) is 5.83. The maximum Gasteiger partial charge on any atom is 0.249 e. The summed E-state index contributed by atoms with van der Waals surface area (Å²) in [6.07, 6.45) is 2.30. The van der Waals surface area contributed by atoms with E-state index in [4.69, 9.17) is 0 Å². The lowest BCUT2D eigenvalue weighted by atomic mass is 10.2. The van der Waals surface area contributed by atoms with Crippen molar-refractivity contribution in [3.63, 3.8) is 0 Å². The topological polar surface area (TPSA) is 67.3 Å². The SMILES string of the molecule is CC(C)(C)[Si](C)(C)c1c(F)c(F)nc(-c2[nH]nc3ncccc23)c1F.CC(C)(C)[Si](C)(C)c1c(F)cnc(F)c1F. The summed E-state index contributed by atoms with van der Waals surface area (Å²) in [4.78, 5) is 10.6. The second kappa shape index (κ2) is 11.0. The maximum atomic E-state index is 15.3. The average molecular weight is 612 g/mol. The van der Waals surface area contributed by atoms with Gasteiger partial charge in [0.1, 0.15) is 11.5 Å². The number of nitrogens with one attached hydrogen (secondary N) is 1. The molecule has 0 radical (unpaired) electrons. The van der Waals surface area contributed by atoms with Crippen LogP contribution < -0.4 is 10.4 Å². The van der Waals surface area contributed by atoms with Gasteiger partial charge in [0.25, 0.3) is 0 Å². The van der Waals surface area contributed by atoms with Crippen LogP contribution in [0.3, 0.4) is 0 Å². The van der Waals surface area contributed by atoms with Crippen LogP contribution in [-0.2, 0) is 0 Å². The molecular weight excluding hydrogens is 577 g/mol. The second-order valence-electron chi connectivity index (χ2n) is 13.1. The van der Waals surface area contributed by atoms with Crippen LogP contribution in [0.2, 0.25) is 36.3 Å². The van der Waals surface area contributed by atoms with Gasteiger partial charge in [0, 0.05) is 22.0 Å². The van der Waals surface area contributed by atoms with Gasteiger partial charge < -0.3 is 0 Å². The minimum Gasteiger partial charge on any atom is -0.273 e. The van der Waals surface area contributed by atoms with Gasteiger partial charge in [-0.15, -0.1) is 0 Å². The summed E-state index contributed by atoms with van der Waals surface area (Å²) < 4.78 is 84.4. The molecule has 0 amide bonds. The number of aromatic nitrogens is 5. The molecule has 4 rings (SSSR count). The van der Waals surface area contributed by atoms with Crippen LogP contribution in [-0.4, -0.2) is 41.3 Å². The van der Waals surface area contributed by atoms with Crippen LogP contribution in [0.25, 0.3) is 22.4 Å². The van der Waals surface area contributed by atoms with Gasteiger partial charge in [0.15, 0.2) is 23.1 Å². The molecule has 0 aliphatic carbocycles. The van der Waals surface area contributed by atoms with Crippen molar-refractivity contribution in [3.8, 4) is 11.4 Å². The fourth-order valence-corrected chi connectivity index (χ4v) is 8.16. The van der Waals surface area contributed by atoms with Gasteiger partial charge >= 0.3 is 0 Å². The van der Waals surface area contributed by atoms with Crippen LogP contribution in [0, 0.1) is 35.2 Å². The molecule has 0 fully saturated rings. The van der Waals surface area contributed by atoms with E-state index in [9.17, 15) is 22.0 Å². The predicted molar refractivity (Wildman–Crippen MR) is 155 cm³/mol. The molecule has 4 aromatic rings. The minimum absolute atomic E-state index is 0.104. The molecule has 0 aliphatic heterocycles. The fourth-order valence-electron chi connectivity index (χ4n) is 4.02. The van der Waals surface area contributed by atoms with Crippen molar-refractivity contribution in [2.24, 2.45) is 0 Å². The summed E-state index contributed by atoms with van der Waals surface area (Å²) in [6, 6.07) is 3.34. The highest BCUT2D eigenvalue weighted by atomic mass is 28.3. The quantitative estimate of drug-likeness (QED) is 0.149. The van der Waals surface area contributed by atoms with Crippen LogP contribution in [0.4, 0.5) is 26.3 Å². The number of pyridine rings is 3. The lowest BCUT2D eigenvalue weighted by Crippen LogP contribution is -2.53. The number of aromatic amines is 1. The zero-order valence-corrected chi connectivity index (χ0v) is 26.9. The molecule has 5 nitrogen and oxygen atoms in total. The highest BCUT2D eigenvalue weighted by molar-refractivity contribution is 6.92. The average Bonchev–Trinajstić information content (AvgIpc) is 3.27. The van der Waals surface area contributed by atoms with Gasteiger partial charge in [-0.3, -0.25) is 5.10 Å². The predicted octanol–water partition coefficient (Wildman–Crippen LogP) is 7.37. The third-order valence-electron chi connectivity index (χ3n) is 8.54. The van der Waals surface area contributed by atoms with Crippen molar-refractivity contribution in [2.45, 2.75) is 77.8 Å². The van der Waals surface area contributed by atoms with Crippen molar-refractivity contribution in [2.75, 3.05) is 0 Å². The van der Waals surface area contributed by atoms with Crippen molar-refractivity contribution in [3.05, 3.63) is 59.7 Å². The first-order valence-electron chi connectivity index (χ1n) is 13.0. The highest BCUT2D eigenvalue weighted by Crippen LogP contribution is 2.38. The monoisotopic (exact) mass is 611 g/mol. The fraction of sp³-hybridized carbons (Fsp3) is 0.429. The molecule has 13 heteroatoms. The van der Waals surface area contributed by atoms with Gasteiger partial charge in [0.2, 0.25) is 11.9 Å². The first-order valence-corrected chi connectivity index (χ1v) is 19.0. The second-order valence-corrected chi connectivity index (χ2v) is 23.6. The molecule has 0 saturated carbocycles. The summed E-state index contributed by atoms with van der Waals surface area (Å²) in [5.41, 5.74) is 0.283. The minimum atomic E-state index is -2.69. The Morgan fingerprint density at radius 1 is 0.707 bits per heavy atom. The smallest absolute Gasteiger partial charge is 0.249 e. The van der Waals surface area contributed by atoms with Gasteiger partial charge in [-0.1, -0.05) is 67.7 Å². The third-order valence-corrected chi connectivity index (χ3v) is 19.4. The van der Waals surface area contributed by atoms with Crippen molar-refractivity contribution in [1.82, 2.24) is 25.1 Å². The first kappa shape index (κ1) is 32.4. The summed E-state index contributed by atoms with van der Waals surface area (Å²) in [7, 11) is -5.12. The normalized spacial score (nSPS) is 12.9. The van der Waals surface area contributed by atoms with Crippen LogP contribution in [0.15, 0.2) is 24.5 Å². The lowest BCUT2D eigenvalue weighted by molar-refractivity contribution is 0.470. The van der Waals surface area contributed by atoms with Gasteiger partial charge in [-0.25, -0.2) is 32.5 Å². The van der Waals surface area contributed by atoms with Crippen molar-refractivity contribution < 1.29 is 26.3 Å². The molecule has 0 bridgehead atoms. The molecule has 4 heterocycles. The van der Waals surface area contributed by atoms with Crippen LogP contribution in [0.1, 0.15) is 41.5 Å². The molecule has 1 N–H and O–H groups in total. The van der Waals surface area contributed by atoms with E-state index in [0.29, 0.717) is 11.0 Å². The number of halogens is 6. The Balaban J connectivity index is 0.000000250. The Hall–Kier alpha value is -3.07. The van der Waals surface area contributed by atoms with Gasteiger partial charge in [0.05, 0.1) is 28.0 Å². The van der Waals surface area contributed by atoms with E-state index in [0.717, 1.165) is 6.20 Å². The maximum absolute atomic E-state index is 15.3. The Kier molecular flexibility index (Phi) is 8.68. The van der Waals surface area contributed by atoms with E-state index in [1.807, 2.05) is 67.7 Å². The Morgan fingerprint density at radius 2 is 1.24 bits per heavy atom. The summed E-state index contributed by atoms with van der Waals surface area (Å²) in [6.45, 7) is 18.8. The molecule has 0 spiro atoms. The molecular formula is C28H35F6N5Si2. The van der Waals surface area contributed by atoms with Crippen LogP contribution in [0.5, 0.6) is 0 Å². The van der Waals surface area contributed by atoms with Crippen molar-refractivity contribution in [1.29, 1.82) is 0 Å². The Bertz CT molecular complexity index is 1590. The number of H-pyrrole nitrogens is 1. The Morgan fingerprint density at radius 3 is 1.80 bits per heavy atom.